The third-order valence-electron chi connectivity index (χ3n) is 3.58. The molecule has 0 atom stereocenters. The highest BCUT2D eigenvalue weighted by Crippen LogP contribution is 2.33. The number of nitrogens with zero attached hydrogens (tertiary/aromatic N) is 1. The Hall–Kier alpha value is -1.12. The highest BCUT2D eigenvalue weighted by molar-refractivity contribution is 7.20. The summed E-state index contributed by atoms with van der Waals surface area (Å²) >= 11 is 1.93. The van der Waals surface area contributed by atoms with Gasteiger partial charge in [-0.25, -0.2) is 0 Å². The molecule has 0 N–H and O–H groups in total. The summed E-state index contributed by atoms with van der Waals surface area (Å²) in [4.78, 5) is 4.00. The minimum atomic E-state index is 1.12. The third kappa shape index (κ3) is 2.36. The molecule has 0 unspecified atom stereocenters. The van der Waals surface area contributed by atoms with Crippen molar-refractivity contribution < 1.29 is 0 Å². The molecular formula is C16H19NS. The van der Waals surface area contributed by atoms with Crippen molar-refractivity contribution in [3.05, 3.63) is 41.3 Å². The molecule has 0 radical (unpaired) electrons. The highest BCUT2D eigenvalue weighted by atomic mass is 32.1. The zero-order valence-electron chi connectivity index (χ0n) is 10.9. The third-order valence-corrected chi connectivity index (χ3v) is 4.77. The van der Waals surface area contributed by atoms with Crippen molar-refractivity contribution in [1.82, 2.24) is 4.90 Å². The molecule has 3 rings (SSSR count). The Morgan fingerprint density at radius 2 is 2.17 bits per heavy atom. The van der Waals surface area contributed by atoms with Gasteiger partial charge >= 0.3 is 0 Å². The van der Waals surface area contributed by atoms with Crippen molar-refractivity contribution in [2.75, 3.05) is 19.6 Å². The van der Waals surface area contributed by atoms with E-state index >= 15 is 0 Å². The largest absolute Gasteiger partial charge is 0.299 e. The summed E-state index contributed by atoms with van der Waals surface area (Å²) in [5, 5.41) is 1.38. The maximum absolute atomic E-state index is 2.54. The number of hydrogen-bond acceptors (Lipinski definition) is 2. The van der Waals surface area contributed by atoms with Crippen molar-refractivity contribution in [1.29, 1.82) is 0 Å². The first kappa shape index (κ1) is 11.9. The summed E-state index contributed by atoms with van der Waals surface area (Å²) in [6, 6.07) is 11.0. The summed E-state index contributed by atoms with van der Waals surface area (Å²) in [6.07, 6.45) is 4.88. The van der Waals surface area contributed by atoms with Crippen molar-refractivity contribution in [3.63, 3.8) is 0 Å². The maximum atomic E-state index is 2.54. The molecule has 0 saturated heterocycles. The van der Waals surface area contributed by atoms with Crippen LogP contribution in [0.1, 0.15) is 24.6 Å². The number of fused-ring (bicyclic) bond motifs is 1. The second kappa shape index (κ2) is 5.25. The Labute approximate surface area is 113 Å². The predicted octanol–water partition coefficient (Wildman–Crippen LogP) is 4.40. The molecule has 1 nitrogen and oxygen atoms in total. The van der Waals surface area contributed by atoms with Crippen LogP contribution in [0.25, 0.3) is 15.7 Å². The molecule has 18 heavy (non-hydrogen) atoms. The zero-order chi connectivity index (χ0) is 12.4. The standard InChI is InChI=1S/C16H19NS/c1-2-9-17-10-7-13(8-11-17)16-12-14-5-3-4-6-15(14)18-16/h3-7,12H,2,8-11H2,1H3. The van der Waals surface area contributed by atoms with E-state index in [0.29, 0.717) is 0 Å². The Balaban J connectivity index is 1.83. The number of thiophene rings is 1. The van der Waals surface area contributed by atoms with Crippen LogP contribution in [-0.4, -0.2) is 24.5 Å². The molecule has 94 valence electrons. The molecule has 0 saturated carbocycles. The molecular weight excluding hydrogens is 238 g/mol. The molecule has 0 aliphatic carbocycles. The lowest BCUT2D eigenvalue weighted by atomic mass is 10.1. The lowest BCUT2D eigenvalue weighted by molar-refractivity contribution is 0.303. The molecule has 1 aliphatic heterocycles. The van der Waals surface area contributed by atoms with E-state index in [-0.39, 0.29) is 0 Å². The van der Waals surface area contributed by atoms with Crippen LogP contribution in [0, 0.1) is 0 Å². The van der Waals surface area contributed by atoms with Gasteiger partial charge in [0.2, 0.25) is 0 Å². The SMILES string of the molecule is CCCN1CC=C(c2cc3ccccc3s2)CC1. The Bertz CT molecular complexity index is 534. The van der Waals surface area contributed by atoms with Gasteiger partial charge in [-0.2, -0.15) is 0 Å². The van der Waals surface area contributed by atoms with E-state index in [2.05, 4.69) is 48.2 Å². The van der Waals surface area contributed by atoms with Crippen molar-refractivity contribution in [2.45, 2.75) is 19.8 Å². The van der Waals surface area contributed by atoms with E-state index in [9.17, 15) is 0 Å². The minimum Gasteiger partial charge on any atom is -0.299 e. The molecule has 1 aliphatic rings. The molecule has 1 aromatic carbocycles. The zero-order valence-corrected chi connectivity index (χ0v) is 11.7. The van der Waals surface area contributed by atoms with E-state index in [1.54, 1.807) is 5.57 Å². The van der Waals surface area contributed by atoms with Gasteiger partial charge in [0, 0.05) is 22.7 Å². The van der Waals surface area contributed by atoms with Crippen molar-refractivity contribution in [2.24, 2.45) is 0 Å². The first-order valence-electron chi connectivity index (χ1n) is 6.77. The molecule has 1 aromatic heterocycles. The van der Waals surface area contributed by atoms with Gasteiger partial charge in [0.15, 0.2) is 0 Å². The highest BCUT2D eigenvalue weighted by Gasteiger charge is 2.13. The van der Waals surface area contributed by atoms with Crippen LogP contribution in [-0.2, 0) is 0 Å². The lowest BCUT2D eigenvalue weighted by Crippen LogP contribution is -2.28. The molecule has 0 amide bonds. The van der Waals surface area contributed by atoms with Crippen LogP contribution in [0.15, 0.2) is 36.4 Å². The van der Waals surface area contributed by atoms with Crippen LogP contribution < -0.4 is 0 Å². The lowest BCUT2D eigenvalue weighted by Gasteiger charge is -2.25. The fourth-order valence-corrected chi connectivity index (χ4v) is 3.73. The van der Waals surface area contributed by atoms with Crippen LogP contribution >= 0.6 is 11.3 Å². The van der Waals surface area contributed by atoms with Gasteiger partial charge in [0.1, 0.15) is 0 Å². The number of rotatable bonds is 3. The fraction of sp³-hybridized carbons (Fsp3) is 0.375. The summed E-state index contributed by atoms with van der Waals surface area (Å²) in [6.45, 7) is 5.83. The van der Waals surface area contributed by atoms with Crippen LogP contribution in [0.2, 0.25) is 0 Å². The first-order valence-corrected chi connectivity index (χ1v) is 7.59. The van der Waals surface area contributed by atoms with E-state index < -0.39 is 0 Å². The normalized spacial score (nSPS) is 17.1. The number of hydrogen-bond donors (Lipinski definition) is 0. The minimum absolute atomic E-state index is 1.12. The molecule has 2 heteroatoms. The molecule has 0 fully saturated rings. The molecule has 2 heterocycles. The van der Waals surface area contributed by atoms with Gasteiger partial charge < -0.3 is 0 Å². The average Bonchev–Trinajstić information content (AvgIpc) is 2.84. The van der Waals surface area contributed by atoms with Gasteiger partial charge in [-0.05, 0) is 42.5 Å². The van der Waals surface area contributed by atoms with Crippen molar-refractivity contribution >= 4 is 27.0 Å². The second-order valence-electron chi connectivity index (χ2n) is 4.93. The maximum Gasteiger partial charge on any atom is 0.0349 e. The Morgan fingerprint density at radius 1 is 1.28 bits per heavy atom. The Morgan fingerprint density at radius 3 is 2.89 bits per heavy atom. The van der Waals surface area contributed by atoms with Crippen LogP contribution in [0.5, 0.6) is 0 Å². The van der Waals surface area contributed by atoms with Crippen LogP contribution in [0.3, 0.4) is 0 Å². The fourth-order valence-electron chi connectivity index (χ4n) is 2.59. The average molecular weight is 257 g/mol. The van der Waals surface area contributed by atoms with Gasteiger partial charge in [-0.15, -0.1) is 11.3 Å². The predicted molar refractivity (Wildman–Crippen MR) is 81.2 cm³/mol. The van der Waals surface area contributed by atoms with Crippen molar-refractivity contribution in [3.8, 4) is 0 Å². The van der Waals surface area contributed by atoms with Gasteiger partial charge in [0.05, 0.1) is 0 Å². The Kier molecular flexibility index (Phi) is 3.48. The van der Waals surface area contributed by atoms with Crippen LogP contribution in [0.4, 0.5) is 0 Å². The molecule has 0 spiro atoms. The second-order valence-corrected chi connectivity index (χ2v) is 6.01. The van der Waals surface area contributed by atoms with E-state index in [4.69, 9.17) is 0 Å². The topological polar surface area (TPSA) is 3.24 Å². The molecule has 2 aromatic rings. The summed E-state index contributed by atoms with van der Waals surface area (Å²) < 4.78 is 1.41. The first-order chi connectivity index (χ1) is 8.86. The monoisotopic (exact) mass is 257 g/mol. The van der Waals surface area contributed by atoms with Gasteiger partial charge in [0.25, 0.3) is 0 Å². The van der Waals surface area contributed by atoms with Gasteiger partial charge in [-0.1, -0.05) is 31.2 Å². The quantitative estimate of drug-likeness (QED) is 0.787. The van der Waals surface area contributed by atoms with E-state index in [0.717, 1.165) is 6.54 Å². The molecule has 0 bridgehead atoms. The summed E-state index contributed by atoms with van der Waals surface area (Å²) in [5.74, 6) is 0. The van der Waals surface area contributed by atoms with Gasteiger partial charge in [-0.3, -0.25) is 4.90 Å². The number of benzene rings is 1. The summed E-state index contributed by atoms with van der Waals surface area (Å²) in [5.41, 5.74) is 1.54. The summed E-state index contributed by atoms with van der Waals surface area (Å²) in [7, 11) is 0. The smallest absolute Gasteiger partial charge is 0.0349 e. The van der Waals surface area contributed by atoms with E-state index in [1.165, 1.54) is 40.9 Å². The van der Waals surface area contributed by atoms with E-state index in [1.807, 2.05) is 11.3 Å².